The molecule has 104 valence electrons. The first kappa shape index (κ1) is 14.1. The molecule has 0 aliphatic rings. The molecule has 3 rings (SSSR count). The van der Waals surface area contributed by atoms with Gasteiger partial charge in [0.25, 0.3) is 0 Å². The van der Waals surface area contributed by atoms with Crippen LogP contribution in [-0.2, 0) is 6.42 Å². The lowest BCUT2D eigenvalue weighted by molar-refractivity contribution is 0.0994. The number of para-hydroxylation sites is 1. The van der Waals surface area contributed by atoms with Crippen LogP contribution in [0.1, 0.15) is 15.9 Å². The minimum atomic E-state index is -0.0469. The Labute approximate surface area is 132 Å². The normalized spacial score (nSPS) is 10.8. The summed E-state index contributed by atoms with van der Waals surface area (Å²) in [6.07, 6.45) is 1.84. The van der Waals surface area contributed by atoms with Gasteiger partial charge in [-0.15, -0.1) is 0 Å². The summed E-state index contributed by atoms with van der Waals surface area (Å²) in [6, 6.07) is 14.6. The second-order valence-corrected chi connectivity index (χ2v) is 5.50. The molecule has 0 spiro atoms. The van der Waals surface area contributed by atoms with E-state index in [2.05, 4.69) is 4.98 Å². The van der Waals surface area contributed by atoms with E-state index in [-0.39, 0.29) is 12.2 Å². The molecule has 21 heavy (non-hydrogen) atoms. The van der Waals surface area contributed by atoms with Crippen LogP contribution in [0.3, 0.4) is 0 Å². The largest absolute Gasteiger partial charge is 0.294 e. The Kier molecular flexibility index (Phi) is 3.91. The molecule has 0 saturated heterocycles. The van der Waals surface area contributed by atoms with Crippen LogP contribution in [0.25, 0.3) is 10.9 Å². The Bertz CT molecular complexity index is 804. The van der Waals surface area contributed by atoms with E-state index in [9.17, 15) is 4.79 Å². The molecule has 0 aliphatic carbocycles. The molecule has 3 aromatic rings. The van der Waals surface area contributed by atoms with Gasteiger partial charge in [0.2, 0.25) is 0 Å². The first-order valence-electron chi connectivity index (χ1n) is 6.46. The number of fused-ring (bicyclic) bond motifs is 1. The number of benzene rings is 2. The molecule has 2 aromatic carbocycles. The van der Waals surface area contributed by atoms with Gasteiger partial charge in [0.15, 0.2) is 5.78 Å². The van der Waals surface area contributed by atoms with Crippen LogP contribution >= 0.6 is 23.2 Å². The number of Topliss-reactive ketones (excluding diaryl/α,β-unsaturated/α-hetero) is 1. The van der Waals surface area contributed by atoms with Crippen molar-refractivity contribution in [3.8, 4) is 0 Å². The minimum Gasteiger partial charge on any atom is -0.294 e. The van der Waals surface area contributed by atoms with Crippen LogP contribution in [0.5, 0.6) is 0 Å². The molecule has 0 amide bonds. The van der Waals surface area contributed by atoms with Crippen molar-refractivity contribution in [3.05, 3.63) is 75.9 Å². The lowest BCUT2D eigenvalue weighted by atomic mass is 10.0. The summed E-state index contributed by atoms with van der Waals surface area (Å²) < 4.78 is 0. The fourth-order valence-corrected chi connectivity index (χ4v) is 2.82. The number of halogens is 2. The molecule has 0 fully saturated rings. The Morgan fingerprint density at radius 1 is 0.952 bits per heavy atom. The van der Waals surface area contributed by atoms with E-state index in [1.54, 1.807) is 30.5 Å². The highest BCUT2D eigenvalue weighted by Crippen LogP contribution is 2.26. The average molecular weight is 316 g/mol. The van der Waals surface area contributed by atoms with Crippen molar-refractivity contribution >= 4 is 39.9 Å². The maximum atomic E-state index is 12.6. The van der Waals surface area contributed by atoms with E-state index in [1.807, 2.05) is 24.3 Å². The zero-order valence-electron chi connectivity index (χ0n) is 11.0. The standard InChI is InChI=1S/C17H11Cl2NO/c18-14-7-2-8-15(19)13(14)10-16(21)12-6-1-4-11-5-3-9-20-17(11)12/h1-9H,10H2. The number of hydrogen-bond donors (Lipinski definition) is 0. The van der Waals surface area contributed by atoms with Crippen molar-refractivity contribution < 1.29 is 4.79 Å². The van der Waals surface area contributed by atoms with Gasteiger partial charge in [-0.3, -0.25) is 9.78 Å². The summed E-state index contributed by atoms with van der Waals surface area (Å²) in [5, 5.41) is 1.95. The Balaban J connectivity index is 2.02. The summed E-state index contributed by atoms with van der Waals surface area (Å²) in [6.45, 7) is 0. The smallest absolute Gasteiger partial charge is 0.169 e. The predicted molar refractivity (Wildman–Crippen MR) is 86.2 cm³/mol. The number of carbonyl (C=O) groups excluding carboxylic acids is 1. The van der Waals surface area contributed by atoms with E-state index in [4.69, 9.17) is 23.2 Å². The van der Waals surface area contributed by atoms with Crippen LogP contribution in [0.2, 0.25) is 10.0 Å². The van der Waals surface area contributed by atoms with Crippen molar-refractivity contribution in [1.29, 1.82) is 0 Å². The number of ketones is 1. The van der Waals surface area contributed by atoms with Gasteiger partial charge in [-0.25, -0.2) is 0 Å². The van der Waals surface area contributed by atoms with Crippen LogP contribution in [-0.4, -0.2) is 10.8 Å². The van der Waals surface area contributed by atoms with Gasteiger partial charge >= 0.3 is 0 Å². The van der Waals surface area contributed by atoms with Crippen LogP contribution in [0.15, 0.2) is 54.7 Å². The van der Waals surface area contributed by atoms with E-state index < -0.39 is 0 Å². The lowest BCUT2D eigenvalue weighted by Gasteiger charge is -2.08. The average Bonchev–Trinajstić information content (AvgIpc) is 2.50. The van der Waals surface area contributed by atoms with Crippen LogP contribution in [0.4, 0.5) is 0 Å². The van der Waals surface area contributed by atoms with Gasteiger partial charge in [0, 0.05) is 33.6 Å². The quantitative estimate of drug-likeness (QED) is 0.639. The Morgan fingerprint density at radius 2 is 1.62 bits per heavy atom. The Morgan fingerprint density at radius 3 is 2.38 bits per heavy atom. The number of carbonyl (C=O) groups is 1. The number of pyridine rings is 1. The molecule has 0 atom stereocenters. The van der Waals surface area contributed by atoms with E-state index in [1.165, 1.54) is 0 Å². The van der Waals surface area contributed by atoms with Crippen molar-refractivity contribution in [2.24, 2.45) is 0 Å². The number of rotatable bonds is 3. The predicted octanol–water partition coefficient (Wildman–Crippen LogP) is 4.97. The minimum absolute atomic E-state index is 0.0469. The van der Waals surface area contributed by atoms with Crippen LogP contribution in [0, 0.1) is 0 Å². The molecular formula is C17H11Cl2NO. The molecular weight excluding hydrogens is 305 g/mol. The van der Waals surface area contributed by atoms with Gasteiger partial charge in [0.1, 0.15) is 0 Å². The van der Waals surface area contributed by atoms with Gasteiger partial charge in [-0.2, -0.15) is 0 Å². The summed E-state index contributed by atoms with van der Waals surface area (Å²) in [5.41, 5.74) is 1.94. The third-order valence-corrected chi connectivity index (χ3v) is 4.04. The number of aromatic nitrogens is 1. The second-order valence-electron chi connectivity index (χ2n) is 4.68. The molecule has 0 radical (unpaired) electrons. The zero-order chi connectivity index (χ0) is 14.8. The summed E-state index contributed by atoms with van der Waals surface area (Å²) in [5.74, 6) is -0.0469. The SMILES string of the molecule is O=C(Cc1c(Cl)cccc1Cl)c1cccc2cccnc12. The number of nitrogens with zero attached hydrogens (tertiary/aromatic N) is 1. The fraction of sp³-hybridized carbons (Fsp3) is 0.0588. The molecule has 4 heteroatoms. The number of hydrogen-bond acceptors (Lipinski definition) is 2. The molecule has 1 heterocycles. The monoisotopic (exact) mass is 315 g/mol. The maximum Gasteiger partial charge on any atom is 0.169 e. The molecule has 0 unspecified atom stereocenters. The molecule has 0 aliphatic heterocycles. The highest BCUT2D eigenvalue weighted by Gasteiger charge is 2.15. The molecule has 0 N–H and O–H groups in total. The molecule has 0 saturated carbocycles. The summed E-state index contributed by atoms with van der Waals surface area (Å²) in [4.78, 5) is 16.9. The van der Waals surface area contributed by atoms with E-state index in [0.717, 1.165) is 5.39 Å². The topological polar surface area (TPSA) is 30.0 Å². The maximum absolute atomic E-state index is 12.6. The zero-order valence-corrected chi connectivity index (χ0v) is 12.5. The van der Waals surface area contributed by atoms with Crippen molar-refractivity contribution in [3.63, 3.8) is 0 Å². The first-order valence-corrected chi connectivity index (χ1v) is 7.22. The molecule has 2 nitrogen and oxygen atoms in total. The third kappa shape index (κ3) is 2.78. The van der Waals surface area contributed by atoms with E-state index in [0.29, 0.717) is 26.7 Å². The van der Waals surface area contributed by atoms with Gasteiger partial charge in [-0.1, -0.05) is 47.5 Å². The summed E-state index contributed by atoms with van der Waals surface area (Å²) >= 11 is 12.3. The molecule has 1 aromatic heterocycles. The van der Waals surface area contributed by atoms with E-state index >= 15 is 0 Å². The van der Waals surface area contributed by atoms with Crippen LogP contribution < -0.4 is 0 Å². The lowest BCUT2D eigenvalue weighted by Crippen LogP contribution is -2.06. The van der Waals surface area contributed by atoms with Crippen molar-refractivity contribution in [2.45, 2.75) is 6.42 Å². The second kappa shape index (κ2) is 5.84. The first-order chi connectivity index (χ1) is 10.2. The molecule has 0 bridgehead atoms. The van der Waals surface area contributed by atoms with Gasteiger partial charge in [-0.05, 0) is 29.8 Å². The van der Waals surface area contributed by atoms with Gasteiger partial charge < -0.3 is 0 Å². The van der Waals surface area contributed by atoms with Gasteiger partial charge in [0.05, 0.1) is 5.52 Å². The highest BCUT2D eigenvalue weighted by atomic mass is 35.5. The summed E-state index contributed by atoms with van der Waals surface area (Å²) in [7, 11) is 0. The Hall–Kier alpha value is -1.90. The third-order valence-electron chi connectivity index (χ3n) is 3.33. The fourth-order valence-electron chi connectivity index (χ4n) is 2.29. The van der Waals surface area contributed by atoms with Crippen molar-refractivity contribution in [1.82, 2.24) is 4.98 Å². The van der Waals surface area contributed by atoms with Crippen molar-refractivity contribution in [2.75, 3.05) is 0 Å². The highest BCUT2D eigenvalue weighted by molar-refractivity contribution is 6.36.